The number of halogens is 3. The maximum atomic E-state index is 13.4. The molecule has 1 aliphatic heterocycles. The van der Waals surface area contributed by atoms with Crippen molar-refractivity contribution < 1.29 is 32.2 Å². The van der Waals surface area contributed by atoms with Crippen LogP contribution in [0.2, 0.25) is 0 Å². The molecule has 1 atom stereocenters. The number of aromatic nitrogens is 1. The fraction of sp³-hybridized carbons (Fsp3) is 0.190. The Hall–Kier alpha value is -4.02. The van der Waals surface area contributed by atoms with Gasteiger partial charge in [0.2, 0.25) is 0 Å². The molecule has 1 aromatic heterocycles. The van der Waals surface area contributed by atoms with E-state index in [2.05, 4.69) is 10.3 Å². The van der Waals surface area contributed by atoms with Gasteiger partial charge in [0.15, 0.2) is 0 Å². The standard InChI is InChI=1S/C21H16F3N3O5/c1-25-19(29)31-17-10-27(20(30)32-17)12-7-6-11-8-16(26-18(28)14(11)9-12)13-4-2-3-5-15(13)21(22,23)24/h2-9,17H,10H2,1H3,(H,25,29)(H,26,28). The first-order valence-electron chi connectivity index (χ1n) is 9.37. The van der Waals surface area contributed by atoms with Gasteiger partial charge in [-0.1, -0.05) is 24.3 Å². The van der Waals surface area contributed by atoms with E-state index in [4.69, 9.17) is 9.47 Å². The second-order valence-electron chi connectivity index (χ2n) is 6.91. The van der Waals surface area contributed by atoms with Gasteiger partial charge in [0.05, 0.1) is 5.56 Å². The van der Waals surface area contributed by atoms with Crippen molar-refractivity contribution in [1.82, 2.24) is 10.3 Å². The quantitative estimate of drug-likeness (QED) is 0.635. The molecule has 1 fully saturated rings. The van der Waals surface area contributed by atoms with Gasteiger partial charge in [0, 0.05) is 29.4 Å². The van der Waals surface area contributed by atoms with Crippen LogP contribution >= 0.6 is 0 Å². The zero-order valence-corrected chi connectivity index (χ0v) is 16.5. The number of nitrogens with one attached hydrogen (secondary N) is 2. The summed E-state index contributed by atoms with van der Waals surface area (Å²) in [5.74, 6) is 0. The number of aromatic amines is 1. The molecule has 11 heteroatoms. The molecule has 1 unspecified atom stereocenters. The third kappa shape index (κ3) is 3.96. The molecule has 0 bridgehead atoms. The highest BCUT2D eigenvalue weighted by Gasteiger charge is 2.35. The summed E-state index contributed by atoms with van der Waals surface area (Å²) in [6.07, 6.45) is -7.26. The second-order valence-corrected chi connectivity index (χ2v) is 6.91. The van der Waals surface area contributed by atoms with Crippen LogP contribution < -0.4 is 15.8 Å². The largest absolute Gasteiger partial charge is 0.417 e. The average Bonchev–Trinajstić information content (AvgIpc) is 3.12. The van der Waals surface area contributed by atoms with E-state index in [1.54, 1.807) is 0 Å². The minimum atomic E-state index is -4.59. The number of rotatable bonds is 3. The summed E-state index contributed by atoms with van der Waals surface area (Å²) in [4.78, 5) is 39.8. The molecule has 3 aromatic rings. The molecule has 2 aromatic carbocycles. The Bertz CT molecular complexity index is 1270. The molecule has 8 nitrogen and oxygen atoms in total. The van der Waals surface area contributed by atoms with Crippen LogP contribution in [0, 0.1) is 0 Å². The van der Waals surface area contributed by atoms with Gasteiger partial charge in [-0.25, -0.2) is 9.59 Å². The highest BCUT2D eigenvalue weighted by atomic mass is 19.4. The Morgan fingerprint density at radius 1 is 1.19 bits per heavy atom. The van der Waals surface area contributed by atoms with E-state index in [0.29, 0.717) is 11.1 Å². The second kappa shape index (κ2) is 7.91. The van der Waals surface area contributed by atoms with E-state index in [0.717, 1.165) is 6.07 Å². The van der Waals surface area contributed by atoms with Crippen LogP contribution in [0.5, 0.6) is 0 Å². The predicted molar refractivity (Wildman–Crippen MR) is 108 cm³/mol. The van der Waals surface area contributed by atoms with E-state index in [9.17, 15) is 27.6 Å². The maximum Gasteiger partial charge on any atom is 0.417 e. The molecule has 1 saturated heterocycles. The number of carbonyl (C=O) groups excluding carboxylic acids is 2. The summed E-state index contributed by atoms with van der Waals surface area (Å²) < 4.78 is 50.0. The molecule has 32 heavy (non-hydrogen) atoms. The first-order valence-corrected chi connectivity index (χ1v) is 9.37. The zero-order valence-electron chi connectivity index (χ0n) is 16.5. The van der Waals surface area contributed by atoms with Crippen molar-refractivity contribution in [3.8, 4) is 11.3 Å². The lowest BCUT2D eigenvalue weighted by Crippen LogP contribution is -2.29. The number of amides is 2. The van der Waals surface area contributed by atoms with Crippen LogP contribution in [0.3, 0.4) is 0 Å². The molecule has 0 aliphatic carbocycles. The lowest BCUT2D eigenvalue weighted by Gasteiger charge is -2.15. The number of benzene rings is 2. The smallest absolute Gasteiger partial charge is 0.407 e. The minimum Gasteiger partial charge on any atom is -0.407 e. The van der Waals surface area contributed by atoms with Gasteiger partial charge >= 0.3 is 18.4 Å². The molecule has 2 amide bonds. The van der Waals surface area contributed by atoms with Gasteiger partial charge < -0.3 is 19.8 Å². The number of alkyl carbamates (subject to hydrolysis) is 1. The number of hydrogen-bond donors (Lipinski definition) is 2. The third-order valence-corrected chi connectivity index (χ3v) is 4.89. The molecule has 2 N–H and O–H groups in total. The number of ether oxygens (including phenoxy) is 2. The van der Waals surface area contributed by atoms with Crippen molar-refractivity contribution in [2.24, 2.45) is 0 Å². The van der Waals surface area contributed by atoms with Gasteiger partial charge in [0.1, 0.15) is 6.54 Å². The number of H-pyrrole nitrogens is 1. The molecular weight excluding hydrogens is 431 g/mol. The summed E-state index contributed by atoms with van der Waals surface area (Å²) in [6.45, 7) is -0.0906. The van der Waals surface area contributed by atoms with Crippen molar-refractivity contribution in [3.05, 3.63) is 64.4 Å². The number of fused-ring (bicyclic) bond motifs is 1. The third-order valence-electron chi connectivity index (χ3n) is 4.89. The molecule has 1 aliphatic rings. The van der Waals surface area contributed by atoms with Crippen LogP contribution in [-0.4, -0.2) is 37.1 Å². The Morgan fingerprint density at radius 2 is 1.94 bits per heavy atom. The van der Waals surface area contributed by atoms with Crippen LogP contribution in [-0.2, 0) is 15.7 Å². The van der Waals surface area contributed by atoms with E-state index >= 15 is 0 Å². The SMILES string of the molecule is CNC(=O)OC1CN(c2ccc3cc(-c4ccccc4C(F)(F)F)[nH]c(=O)c3c2)C(=O)O1. The first-order chi connectivity index (χ1) is 15.2. The van der Waals surface area contributed by atoms with E-state index in [1.807, 2.05) is 0 Å². The number of alkyl halides is 3. The summed E-state index contributed by atoms with van der Waals surface area (Å²) >= 11 is 0. The van der Waals surface area contributed by atoms with Gasteiger partial charge in [-0.05, 0) is 29.7 Å². The summed E-state index contributed by atoms with van der Waals surface area (Å²) in [7, 11) is 1.36. The topological polar surface area (TPSA) is 101 Å². The molecule has 2 heterocycles. The number of anilines is 1. The Labute approximate surface area is 178 Å². The lowest BCUT2D eigenvalue weighted by atomic mass is 10.0. The fourth-order valence-electron chi connectivity index (χ4n) is 3.41. The minimum absolute atomic E-state index is 0.0165. The molecule has 0 spiro atoms. The van der Waals surface area contributed by atoms with E-state index in [-0.39, 0.29) is 23.2 Å². The Kier molecular flexibility index (Phi) is 5.25. The van der Waals surface area contributed by atoms with Gasteiger partial charge in [-0.2, -0.15) is 13.2 Å². The van der Waals surface area contributed by atoms with Crippen LogP contribution in [0.1, 0.15) is 5.56 Å². The maximum absolute atomic E-state index is 13.4. The van der Waals surface area contributed by atoms with Crippen LogP contribution in [0.25, 0.3) is 22.0 Å². The van der Waals surface area contributed by atoms with Crippen molar-refractivity contribution in [3.63, 3.8) is 0 Å². The molecule has 0 saturated carbocycles. The number of hydrogen-bond acceptors (Lipinski definition) is 5. The fourth-order valence-corrected chi connectivity index (χ4v) is 3.41. The molecule has 4 rings (SSSR count). The predicted octanol–water partition coefficient (Wildman–Crippen LogP) is 3.85. The van der Waals surface area contributed by atoms with Crippen molar-refractivity contribution in [2.45, 2.75) is 12.5 Å². The Balaban J connectivity index is 1.70. The highest BCUT2D eigenvalue weighted by molar-refractivity contribution is 5.94. The Morgan fingerprint density at radius 3 is 2.66 bits per heavy atom. The van der Waals surface area contributed by atoms with Gasteiger partial charge in [0.25, 0.3) is 11.8 Å². The van der Waals surface area contributed by atoms with Crippen molar-refractivity contribution in [1.29, 1.82) is 0 Å². The zero-order chi connectivity index (χ0) is 23.0. The van der Waals surface area contributed by atoms with Gasteiger partial charge in [-0.15, -0.1) is 0 Å². The van der Waals surface area contributed by atoms with Crippen molar-refractivity contribution >= 4 is 28.6 Å². The number of cyclic esters (lactones) is 1. The summed E-state index contributed by atoms with van der Waals surface area (Å²) in [6, 6.07) is 10.8. The molecule has 166 valence electrons. The number of pyridine rings is 1. The normalized spacial score (nSPS) is 16.2. The monoisotopic (exact) mass is 447 g/mol. The lowest BCUT2D eigenvalue weighted by molar-refractivity contribution is -0.137. The summed E-state index contributed by atoms with van der Waals surface area (Å²) in [5.41, 5.74) is -1.32. The van der Waals surface area contributed by atoms with Crippen molar-refractivity contribution in [2.75, 3.05) is 18.5 Å². The molecule has 0 radical (unpaired) electrons. The number of nitrogens with zero attached hydrogens (tertiary/aromatic N) is 1. The van der Waals surface area contributed by atoms with Crippen LogP contribution in [0.15, 0.2) is 53.3 Å². The van der Waals surface area contributed by atoms with Gasteiger partial charge in [-0.3, -0.25) is 9.69 Å². The first kappa shape index (κ1) is 21.2. The van der Waals surface area contributed by atoms with Crippen LogP contribution in [0.4, 0.5) is 28.4 Å². The van der Waals surface area contributed by atoms with E-state index in [1.165, 1.54) is 54.4 Å². The van der Waals surface area contributed by atoms with E-state index < -0.39 is 35.8 Å². The average molecular weight is 447 g/mol. The molecular formula is C21H16F3N3O5. The number of carbonyl (C=O) groups is 2. The summed E-state index contributed by atoms with van der Waals surface area (Å²) in [5, 5.41) is 2.79. The highest BCUT2D eigenvalue weighted by Crippen LogP contribution is 2.36.